The molecule has 2 heterocycles. The van der Waals surface area contributed by atoms with Gasteiger partial charge in [-0.05, 0) is 36.3 Å². The van der Waals surface area contributed by atoms with Crippen LogP contribution in [0, 0.1) is 0 Å². The van der Waals surface area contributed by atoms with Gasteiger partial charge in [-0.1, -0.05) is 69.7 Å². The molecule has 0 spiro atoms. The van der Waals surface area contributed by atoms with E-state index in [9.17, 15) is 9.59 Å². The number of carbonyl (C=O) groups excluding carboxylic acids is 1. The Morgan fingerprint density at radius 1 is 1.21 bits per heavy atom. The van der Waals surface area contributed by atoms with Crippen LogP contribution in [0.4, 0.5) is 0 Å². The molecule has 2 aromatic carbocycles. The van der Waals surface area contributed by atoms with Crippen molar-refractivity contribution in [1.29, 1.82) is 0 Å². The Bertz CT molecular complexity index is 1310. The van der Waals surface area contributed by atoms with E-state index in [0.29, 0.717) is 20.6 Å². The summed E-state index contributed by atoms with van der Waals surface area (Å²) in [5.41, 5.74) is 2.49. The molecule has 0 unspecified atom stereocenters. The fourth-order valence-electron chi connectivity index (χ4n) is 3.39. The number of allylic oxidation sites excluding steroid dienone is 1. The molecule has 0 radical (unpaired) electrons. The summed E-state index contributed by atoms with van der Waals surface area (Å²) in [5.74, 6) is -0.485. The van der Waals surface area contributed by atoms with Crippen molar-refractivity contribution in [2.24, 2.45) is 4.99 Å². The van der Waals surface area contributed by atoms with Crippen molar-refractivity contribution in [3.05, 3.63) is 101 Å². The number of hydrogen-bond acceptors (Lipinski definition) is 5. The molecule has 3 aromatic rings. The quantitative estimate of drug-likeness (QED) is 0.554. The average Bonchev–Trinajstić information content (AvgIpc) is 3.02. The van der Waals surface area contributed by atoms with Crippen LogP contribution in [0.3, 0.4) is 0 Å². The van der Waals surface area contributed by atoms with E-state index in [0.717, 1.165) is 15.6 Å². The zero-order valence-electron chi connectivity index (χ0n) is 15.8. The molecule has 0 amide bonds. The zero-order valence-corrected chi connectivity index (χ0v) is 18.2. The lowest BCUT2D eigenvalue weighted by Crippen LogP contribution is -2.39. The number of rotatable bonds is 3. The lowest BCUT2D eigenvalue weighted by Gasteiger charge is -2.24. The average molecular weight is 469 g/mol. The lowest BCUT2D eigenvalue weighted by atomic mass is 9.96. The number of benzene rings is 2. The van der Waals surface area contributed by atoms with Crippen LogP contribution in [0.2, 0.25) is 0 Å². The fraction of sp³-hybridized carbons (Fsp3) is 0.136. The second kappa shape index (κ2) is 7.93. The first-order valence-corrected chi connectivity index (χ1v) is 10.5. The van der Waals surface area contributed by atoms with Gasteiger partial charge in [0, 0.05) is 4.47 Å². The molecule has 0 N–H and O–H groups in total. The smallest absolute Gasteiger partial charge is 0.338 e. The van der Waals surface area contributed by atoms with Gasteiger partial charge < -0.3 is 4.74 Å². The summed E-state index contributed by atoms with van der Waals surface area (Å²) in [6.07, 6.45) is 1.84. The maximum absolute atomic E-state index is 13.3. The van der Waals surface area contributed by atoms with Crippen LogP contribution in [0.5, 0.6) is 0 Å². The molecule has 0 saturated heterocycles. The molecule has 1 aliphatic heterocycles. The minimum absolute atomic E-state index is 0.184. The number of fused-ring (bicyclic) bond motifs is 1. The first-order chi connectivity index (χ1) is 14.0. The molecule has 0 saturated carbocycles. The minimum Gasteiger partial charge on any atom is -0.466 e. The van der Waals surface area contributed by atoms with E-state index in [4.69, 9.17) is 4.74 Å². The van der Waals surface area contributed by atoms with E-state index in [1.807, 2.05) is 60.7 Å². The van der Waals surface area contributed by atoms with Crippen molar-refractivity contribution in [2.75, 3.05) is 7.11 Å². The van der Waals surface area contributed by atoms with E-state index in [1.54, 1.807) is 11.5 Å². The standard InChI is InChI=1S/C22H17BrN2O3S/c1-13-18(21(27)28-2)19(15-8-4-3-5-9-15)25-20(26)17(29-22(25)24-13)12-14-7-6-10-16(23)11-14/h3-12,19H,1-2H3/b17-12-/t19-/m0/s1. The number of esters is 1. The van der Waals surface area contributed by atoms with E-state index in [1.165, 1.54) is 18.4 Å². The molecule has 1 aromatic heterocycles. The number of hydrogen-bond donors (Lipinski definition) is 0. The van der Waals surface area contributed by atoms with Crippen LogP contribution in [0.25, 0.3) is 6.08 Å². The molecular formula is C22H17BrN2O3S. The van der Waals surface area contributed by atoms with Gasteiger partial charge in [-0.2, -0.15) is 0 Å². The molecule has 7 heteroatoms. The van der Waals surface area contributed by atoms with Gasteiger partial charge in [-0.15, -0.1) is 0 Å². The van der Waals surface area contributed by atoms with Gasteiger partial charge in [-0.3, -0.25) is 9.36 Å². The first kappa shape index (κ1) is 19.5. The third-order valence-corrected chi connectivity index (χ3v) is 6.16. The normalized spacial score (nSPS) is 16.4. The summed E-state index contributed by atoms with van der Waals surface area (Å²) < 4.78 is 8.08. The Labute approximate surface area is 179 Å². The Balaban J connectivity index is 1.98. The molecule has 29 heavy (non-hydrogen) atoms. The summed E-state index contributed by atoms with van der Waals surface area (Å²) in [4.78, 5) is 31.0. The number of aromatic nitrogens is 1. The molecule has 146 valence electrons. The highest BCUT2D eigenvalue weighted by Gasteiger charge is 2.32. The maximum Gasteiger partial charge on any atom is 0.338 e. The van der Waals surface area contributed by atoms with Gasteiger partial charge in [0.2, 0.25) is 0 Å². The van der Waals surface area contributed by atoms with E-state index >= 15 is 0 Å². The molecule has 4 rings (SSSR count). The van der Waals surface area contributed by atoms with Crippen molar-refractivity contribution in [1.82, 2.24) is 4.57 Å². The van der Waals surface area contributed by atoms with Crippen molar-refractivity contribution >= 4 is 39.3 Å². The Kier molecular flexibility index (Phi) is 5.34. The number of nitrogens with zero attached hydrogens (tertiary/aromatic N) is 2. The molecule has 0 aliphatic carbocycles. The highest BCUT2D eigenvalue weighted by molar-refractivity contribution is 9.10. The molecule has 0 fully saturated rings. The van der Waals surface area contributed by atoms with Gasteiger partial charge in [0.05, 0.1) is 29.0 Å². The van der Waals surface area contributed by atoms with Crippen LogP contribution in [-0.2, 0) is 9.53 Å². The van der Waals surface area contributed by atoms with Gasteiger partial charge in [0.15, 0.2) is 4.80 Å². The number of ether oxygens (including phenoxy) is 1. The van der Waals surface area contributed by atoms with Gasteiger partial charge in [0.25, 0.3) is 5.56 Å². The van der Waals surface area contributed by atoms with Crippen LogP contribution in [0.15, 0.2) is 80.1 Å². The Morgan fingerprint density at radius 2 is 1.97 bits per heavy atom. The van der Waals surface area contributed by atoms with Crippen LogP contribution < -0.4 is 14.9 Å². The number of carbonyl (C=O) groups is 1. The summed E-state index contributed by atoms with van der Waals surface area (Å²) in [6, 6.07) is 16.6. The van der Waals surface area contributed by atoms with Crippen LogP contribution >= 0.6 is 27.3 Å². The van der Waals surface area contributed by atoms with Crippen molar-refractivity contribution < 1.29 is 9.53 Å². The molecular weight excluding hydrogens is 452 g/mol. The zero-order chi connectivity index (χ0) is 20.5. The predicted octanol–water partition coefficient (Wildman–Crippen LogP) is 3.17. The largest absolute Gasteiger partial charge is 0.466 e. The summed E-state index contributed by atoms with van der Waals surface area (Å²) in [6.45, 7) is 1.77. The topological polar surface area (TPSA) is 60.7 Å². The van der Waals surface area contributed by atoms with Crippen molar-refractivity contribution in [3.63, 3.8) is 0 Å². The van der Waals surface area contributed by atoms with E-state index in [2.05, 4.69) is 20.9 Å². The van der Waals surface area contributed by atoms with Crippen molar-refractivity contribution in [2.45, 2.75) is 13.0 Å². The minimum atomic E-state index is -0.579. The molecule has 0 bridgehead atoms. The molecule has 1 aliphatic rings. The predicted molar refractivity (Wildman–Crippen MR) is 116 cm³/mol. The van der Waals surface area contributed by atoms with Gasteiger partial charge in [-0.25, -0.2) is 9.79 Å². The van der Waals surface area contributed by atoms with E-state index < -0.39 is 12.0 Å². The lowest BCUT2D eigenvalue weighted by molar-refractivity contribution is -0.136. The fourth-order valence-corrected chi connectivity index (χ4v) is 4.85. The summed E-state index contributed by atoms with van der Waals surface area (Å²) >= 11 is 4.77. The van der Waals surface area contributed by atoms with Crippen molar-refractivity contribution in [3.8, 4) is 0 Å². The molecule has 5 nitrogen and oxygen atoms in total. The summed E-state index contributed by atoms with van der Waals surface area (Å²) in [7, 11) is 1.34. The maximum atomic E-state index is 13.3. The third-order valence-electron chi connectivity index (χ3n) is 4.69. The van der Waals surface area contributed by atoms with Crippen LogP contribution in [-0.4, -0.2) is 17.6 Å². The Hall–Kier alpha value is -2.77. The van der Waals surface area contributed by atoms with Gasteiger partial charge in [0.1, 0.15) is 0 Å². The number of methoxy groups -OCH3 is 1. The Morgan fingerprint density at radius 3 is 2.66 bits per heavy atom. The number of halogens is 1. The van der Waals surface area contributed by atoms with E-state index in [-0.39, 0.29) is 5.56 Å². The number of thiazole rings is 1. The second-order valence-electron chi connectivity index (χ2n) is 6.54. The van der Waals surface area contributed by atoms with Gasteiger partial charge >= 0.3 is 5.97 Å². The van der Waals surface area contributed by atoms with Crippen LogP contribution in [0.1, 0.15) is 24.1 Å². The SMILES string of the molecule is COC(=O)C1=C(C)N=c2s/c(=C\c3cccc(Br)c3)c(=O)n2[C@H]1c1ccccc1. The first-order valence-electron chi connectivity index (χ1n) is 8.91. The highest BCUT2D eigenvalue weighted by Crippen LogP contribution is 2.30. The monoisotopic (exact) mass is 468 g/mol. The molecule has 1 atom stereocenters. The highest BCUT2D eigenvalue weighted by atomic mass is 79.9. The second-order valence-corrected chi connectivity index (χ2v) is 8.46. The third kappa shape index (κ3) is 3.63. The summed E-state index contributed by atoms with van der Waals surface area (Å²) in [5, 5.41) is 0.